The maximum atomic E-state index is 13.1. The summed E-state index contributed by atoms with van der Waals surface area (Å²) in [5.41, 5.74) is 1.08. The number of aromatic nitrogens is 1. The predicted octanol–water partition coefficient (Wildman–Crippen LogP) is 4.48. The summed E-state index contributed by atoms with van der Waals surface area (Å²) in [6.45, 7) is 0. The number of pyridine rings is 1. The topological polar surface area (TPSA) is 54.0 Å². The number of hydrogen-bond acceptors (Lipinski definition) is 2. The van der Waals surface area contributed by atoms with Crippen molar-refractivity contribution in [2.24, 2.45) is 5.92 Å². The van der Waals surface area contributed by atoms with Crippen molar-refractivity contribution in [2.45, 2.75) is 37.9 Å². The molecule has 2 amide bonds. The third-order valence-corrected chi connectivity index (χ3v) is 4.38. The molecule has 1 aliphatic carbocycles. The van der Waals surface area contributed by atoms with Crippen LogP contribution < -0.4 is 10.6 Å². The number of benzene rings is 1. The molecule has 1 aromatic carbocycles. The lowest BCUT2D eigenvalue weighted by Gasteiger charge is -2.33. The molecule has 2 aromatic rings. The fourth-order valence-electron chi connectivity index (χ4n) is 3.23. The van der Waals surface area contributed by atoms with Crippen LogP contribution in [0.2, 0.25) is 0 Å². The van der Waals surface area contributed by atoms with E-state index in [0.29, 0.717) is 30.5 Å². The molecule has 24 heavy (non-hydrogen) atoms. The Bertz CT molecular complexity index is 727. The highest BCUT2D eigenvalue weighted by atomic mass is 19.4. The van der Waals surface area contributed by atoms with Gasteiger partial charge in [-0.2, -0.15) is 13.2 Å². The molecule has 1 aliphatic rings. The molecule has 7 heteroatoms. The van der Waals surface area contributed by atoms with Gasteiger partial charge in [-0.3, -0.25) is 4.98 Å². The molecule has 0 radical (unpaired) electrons. The fourth-order valence-corrected chi connectivity index (χ4v) is 3.23. The monoisotopic (exact) mass is 337 g/mol. The average Bonchev–Trinajstić information content (AvgIpc) is 2.54. The maximum Gasteiger partial charge on any atom is 0.393 e. The molecular weight excluding hydrogens is 319 g/mol. The van der Waals surface area contributed by atoms with Crippen LogP contribution in [0, 0.1) is 5.92 Å². The lowest BCUT2D eigenvalue weighted by molar-refractivity contribution is -0.187. The van der Waals surface area contributed by atoms with Crippen molar-refractivity contribution in [3.05, 3.63) is 36.5 Å². The van der Waals surface area contributed by atoms with Gasteiger partial charge >= 0.3 is 12.2 Å². The van der Waals surface area contributed by atoms with Crippen LogP contribution in [0.4, 0.5) is 23.7 Å². The van der Waals surface area contributed by atoms with Gasteiger partial charge in [0.25, 0.3) is 0 Å². The Morgan fingerprint density at radius 2 is 1.88 bits per heavy atom. The van der Waals surface area contributed by atoms with Crippen molar-refractivity contribution in [3.8, 4) is 0 Å². The first kappa shape index (κ1) is 16.5. The number of nitrogens with one attached hydrogen (secondary N) is 2. The van der Waals surface area contributed by atoms with Crippen molar-refractivity contribution in [1.82, 2.24) is 10.3 Å². The van der Waals surface area contributed by atoms with Gasteiger partial charge in [-0.15, -0.1) is 0 Å². The van der Waals surface area contributed by atoms with E-state index in [2.05, 4.69) is 15.6 Å². The Balaban J connectivity index is 1.72. The van der Waals surface area contributed by atoms with Gasteiger partial charge < -0.3 is 10.6 Å². The Morgan fingerprint density at radius 3 is 2.67 bits per heavy atom. The zero-order valence-electron chi connectivity index (χ0n) is 12.9. The Hall–Kier alpha value is -2.31. The summed E-state index contributed by atoms with van der Waals surface area (Å²) in [6.07, 6.45) is -1.06. The molecule has 2 N–H and O–H groups in total. The summed E-state index contributed by atoms with van der Waals surface area (Å²) in [7, 11) is 0. The number of urea groups is 1. The minimum atomic E-state index is -4.29. The molecule has 0 saturated heterocycles. The third kappa shape index (κ3) is 3.60. The second-order valence-corrected chi connectivity index (χ2v) is 6.02. The third-order valence-electron chi connectivity index (χ3n) is 4.38. The normalized spacial score (nSPS) is 21.5. The number of rotatable bonds is 2. The number of nitrogens with zero attached hydrogens (tertiary/aromatic N) is 1. The minimum Gasteiger partial charge on any atom is -0.335 e. The molecule has 0 unspecified atom stereocenters. The molecular formula is C17H18F3N3O. The van der Waals surface area contributed by atoms with E-state index in [-0.39, 0.29) is 6.42 Å². The van der Waals surface area contributed by atoms with Crippen molar-refractivity contribution in [1.29, 1.82) is 0 Å². The fraction of sp³-hybridized carbons (Fsp3) is 0.412. The van der Waals surface area contributed by atoms with E-state index < -0.39 is 24.2 Å². The Labute approximate surface area is 137 Å². The molecule has 1 saturated carbocycles. The molecule has 0 bridgehead atoms. The van der Waals surface area contributed by atoms with E-state index >= 15 is 0 Å². The summed E-state index contributed by atoms with van der Waals surface area (Å²) < 4.78 is 39.3. The van der Waals surface area contributed by atoms with Crippen LogP contribution in [0.25, 0.3) is 10.9 Å². The van der Waals surface area contributed by atoms with E-state index in [1.54, 1.807) is 24.4 Å². The Kier molecular flexibility index (Phi) is 4.59. The van der Waals surface area contributed by atoms with Gasteiger partial charge in [0.15, 0.2) is 0 Å². The first-order valence-corrected chi connectivity index (χ1v) is 7.93. The second kappa shape index (κ2) is 6.67. The smallest absolute Gasteiger partial charge is 0.335 e. The number of fused-ring (bicyclic) bond motifs is 1. The molecule has 3 rings (SSSR count). The highest BCUT2D eigenvalue weighted by molar-refractivity contribution is 5.99. The number of alkyl halides is 3. The summed E-state index contributed by atoms with van der Waals surface area (Å²) >= 11 is 0. The number of hydrogen-bond donors (Lipinski definition) is 2. The minimum absolute atomic E-state index is 0.0598. The maximum absolute atomic E-state index is 13.1. The summed E-state index contributed by atoms with van der Waals surface area (Å²) in [4.78, 5) is 16.4. The number of halogens is 3. The Morgan fingerprint density at radius 1 is 1.12 bits per heavy atom. The van der Waals surface area contributed by atoms with Crippen LogP contribution in [0.1, 0.15) is 25.7 Å². The van der Waals surface area contributed by atoms with Crippen LogP contribution >= 0.6 is 0 Å². The summed E-state index contributed by atoms with van der Waals surface area (Å²) in [5.74, 6) is -1.48. The van der Waals surface area contributed by atoms with Crippen molar-refractivity contribution in [2.75, 3.05) is 5.32 Å². The molecule has 0 aliphatic heterocycles. The zero-order valence-corrected chi connectivity index (χ0v) is 12.9. The van der Waals surface area contributed by atoms with Crippen molar-refractivity contribution in [3.63, 3.8) is 0 Å². The standard InChI is InChI=1S/C17H18F3N3O/c18-17(19,20)12-7-1-2-8-13(12)22-16(24)23-14-9-3-5-11-6-4-10-21-15(11)14/h3-6,9-10,12-13H,1-2,7-8H2,(H2,22,23,24)/t12-,13-/m0/s1. The van der Waals surface area contributed by atoms with E-state index in [4.69, 9.17) is 0 Å². The van der Waals surface area contributed by atoms with Crippen molar-refractivity contribution < 1.29 is 18.0 Å². The van der Waals surface area contributed by atoms with Crippen LogP contribution in [-0.4, -0.2) is 23.2 Å². The van der Waals surface area contributed by atoms with Crippen molar-refractivity contribution >= 4 is 22.6 Å². The predicted molar refractivity (Wildman–Crippen MR) is 85.7 cm³/mol. The largest absolute Gasteiger partial charge is 0.393 e. The average molecular weight is 337 g/mol. The number of carbonyl (C=O) groups is 1. The molecule has 128 valence electrons. The molecule has 2 atom stereocenters. The van der Waals surface area contributed by atoms with Crippen LogP contribution in [0.5, 0.6) is 0 Å². The first-order valence-electron chi connectivity index (χ1n) is 7.93. The summed E-state index contributed by atoms with van der Waals surface area (Å²) in [5, 5.41) is 5.96. The zero-order chi connectivity index (χ0) is 17.2. The van der Waals surface area contributed by atoms with Gasteiger partial charge in [0.05, 0.1) is 17.1 Å². The molecule has 0 spiro atoms. The lowest BCUT2D eigenvalue weighted by atomic mass is 9.84. The lowest BCUT2D eigenvalue weighted by Crippen LogP contribution is -2.48. The van der Waals surface area contributed by atoms with Crippen LogP contribution in [0.3, 0.4) is 0 Å². The SMILES string of the molecule is O=C(Nc1cccc2cccnc12)N[C@H]1CCCC[C@@H]1C(F)(F)F. The number of para-hydroxylation sites is 1. The van der Waals surface area contributed by atoms with Gasteiger partial charge in [-0.1, -0.05) is 31.0 Å². The van der Waals surface area contributed by atoms with Gasteiger partial charge in [0.1, 0.15) is 0 Å². The van der Waals surface area contributed by atoms with Gasteiger partial charge in [-0.05, 0) is 25.0 Å². The number of carbonyl (C=O) groups excluding carboxylic acids is 1. The highest BCUT2D eigenvalue weighted by Gasteiger charge is 2.45. The van der Waals surface area contributed by atoms with E-state index in [1.807, 2.05) is 12.1 Å². The first-order chi connectivity index (χ1) is 11.4. The molecule has 1 heterocycles. The van der Waals surface area contributed by atoms with Gasteiger partial charge in [0, 0.05) is 17.6 Å². The van der Waals surface area contributed by atoms with Gasteiger partial charge in [0.2, 0.25) is 0 Å². The molecule has 1 aromatic heterocycles. The highest BCUT2D eigenvalue weighted by Crippen LogP contribution is 2.37. The van der Waals surface area contributed by atoms with Crippen LogP contribution in [0.15, 0.2) is 36.5 Å². The second-order valence-electron chi connectivity index (χ2n) is 6.02. The van der Waals surface area contributed by atoms with Crippen LogP contribution in [-0.2, 0) is 0 Å². The quantitative estimate of drug-likeness (QED) is 0.849. The van der Waals surface area contributed by atoms with E-state index in [9.17, 15) is 18.0 Å². The number of anilines is 1. The molecule has 4 nitrogen and oxygen atoms in total. The van der Waals surface area contributed by atoms with Gasteiger partial charge in [-0.25, -0.2) is 4.79 Å². The molecule has 1 fully saturated rings. The summed E-state index contributed by atoms with van der Waals surface area (Å²) in [6, 6.07) is 7.41. The number of amides is 2. The van der Waals surface area contributed by atoms with E-state index in [1.165, 1.54) is 0 Å². The van der Waals surface area contributed by atoms with E-state index in [0.717, 1.165) is 5.39 Å².